The van der Waals surface area contributed by atoms with Crippen LogP contribution < -0.4 is 10.0 Å². The molecule has 2 rings (SSSR count). The molecule has 2 N–H and O–H groups in total. The molecule has 1 aromatic heterocycles. The van der Waals surface area contributed by atoms with Gasteiger partial charge in [0.1, 0.15) is 16.1 Å². The first kappa shape index (κ1) is 17.6. The zero-order valence-electron chi connectivity index (χ0n) is 12.6. The first-order chi connectivity index (χ1) is 10.8. The van der Waals surface area contributed by atoms with Gasteiger partial charge in [-0.2, -0.15) is 4.72 Å². The van der Waals surface area contributed by atoms with Crippen LogP contribution in [0, 0.1) is 11.7 Å². The predicted molar refractivity (Wildman–Crippen MR) is 88.3 cm³/mol. The molecular weight excluding hydrogens is 339 g/mol. The molecule has 0 saturated carbocycles. The maximum absolute atomic E-state index is 12.9. The lowest BCUT2D eigenvalue weighted by Crippen LogP contribution is -2.46. The third kappa shape index (κ3) is 4.60. The molecule has 0 radical (unpaired) electrons. The van der Waals surface area contributed by atoms with Crippen LogP contribution in [0.25, 0.3) is 0 Å². The van der Waals surface area contributed by atoms with Crippen molar-refractivity contribution in [3.05, 3.63) is 47.6 Å². The van der Waals surface area contributed by atoms with E-state index >= 15 is 0 Å². The summed E-state index contributed by atoms with van der Waals surface area (Å²) in [6, 6.07) is 7.43. The van der Waals surface area contributed by atoms with Crippen LogP contribution >= 0.6 is 11.3 Å². The smallest absolute Gasteiger partial charge is 0.250 e. The average molecular weight is 356 g/mol. The van der Waals surface area contributed by atoms with Crippen LogP contribution in [0.1, 0.15) is 13.8 Å². The number of sulfonamides is 1. The lowest BCUT2D eigenvalue weighted by molar-refractivity contribution is -0.118. The number of rotatable bonds is 6. The second-order valence-electron chi connectivity index (χ2n) is 5.27. The van der Waals surface area contributed by atoms with Gasteiger partial charge in [-0.25, -0.2) is 12.8 Å². The van der Waals surface area contributed by atoms with Crippen molar-refractivity contribution in [1.82, 2.24) is 4.72 Å². The fraction of sp³-hybridized carbons (Fsp3) is 0.267. The van der Waals surface area contributed by atoms with E-state index in [2.05, 4.69) is 10.0 Å². The summed E-state index contributed by atoms with van der Waals surface area (Å²) in [6.07, 6.45) is 0. The first-order valence-corrected chi connectivity index (χ1v) is 9.28. The Balaban J connectivity index is 2.15. The number of thiophene rings is 1. The van der Waals surface area contributed by atoms with Crippen molar-refractivity contribution in [2.24, 2.45) is 5.92 Å². The van der Waals surface area contributed by atoms with Crippen LogP contribution in [0.5, 0.6) is 0 Å². The number of nitrogens with one attached hydrogen (secondary N) is 2. The summed E-state index contributed by atoms with van der Waals surface area (Å²) in [5.74, 6) is -1.17. The zero-order chi connectivity index (χ0) is 17.0. The molecule has 124 valence electrons. The number of carbonyl (C=O) groups is 1. The minimum atomic E-state index is -3.76. The topological polar surface area (TPSA) is 75.3 Å². The molecule has 1 heterocycles. The van der Waals surface area contributed by atoms with E-state index in [0.29, 0.717) is 5.69 Å². The number of hydrogen-bond donors (Lipinski definition) is 2. The Morgan fingerprint density at radius 2 is 1.83 bits per heavy atom. The molecule has 0 fully saturated rings. The number of amides is 1. The van der Waals surface area contributed by atoms with Crippen molar-refractivity contribution in [2.45, 2.75) is 24.1 Å². The highest BCUT2D eigenvalue weighted by Crippen LogP contribution is 2.18. The van der Waals surface area contributed by atoms with Gasteiger partial charge in [0.25, 0.3) is 10.0 Å². The van der Waals surface area contributed by atoms with Crippen LogP contribution in [0.4, 0.5) is 10.1 Å². The van der Waals surface area contributed by atoms with Gasteiger partial charge < -0.3 is 5.32 Å². The zero-order valence-corrected chi connectivity index (χ0v) is 14.2. The third-order valence-corrected chi connectivity index (χ3v) is 5.94. The van der Waals surface area contributed by atoms with E-state index in [9.17, 15) is 17.6 Å². The molecule has 1 aromatic carbocycles. The maximum Gasteiger partial charge on any atom is 0.250 e. The lowest BCUT2D eigenvalue weighted by Gasteiger charge is -2.21. The SMILES string of the molecule is CC(C)C(NS(=O)(=O)c1cccs1)C(=O)Nc1ccc(F)cc1. The molecular formula is C15H17FN2O3S2. The summed E-state index contributed by atoms with van der Waals surface area (Å²) >= 11 is 1.08. The molecule has 0 spiro atoms. The fourth-order valence-electron chi connectivity index (χ4n) is 1.89. The molecule has 1 amide bonds. The highest BCUT2D eigenvalue weighted by Gasteiger charge is 2.28. The molecule has 0 saturated heterocycles. The first-order valence-electron chi connectivity index (χ1n) is 6.92. The number of hydrogen-bond acceptors (Lipinski definition) is 4. The average Bonchev–Trinajstić information content (AvgIpc) is 3.02. The van der Waals surface area contributed by atoms with E-state index in [4.69, 9.17) is 0 Å². The summed E-state index contributed by atoms with van der Waals surface area (Å²) < 4.78 is 40.0. The molecule has 0 aliphatic heterocycles. The summed E-state index contributed by atoms with van der Waals surface area (Å²) in [4.78, 5) is 12.4. The molecule has 0 aliphatic rings. The van der Waals surface area contributed by atoms with Gasteiger partial charge in [-0.05, 0) is 41.6 Å². The van der Waals surface area contributed by atoms with E-state index in [1.54, 1.807) is 25.3 Å². The maximum atomic E-state index is 12.9. The molecule has 0 bridgehead atoms. The van der Waals surface area contributed by atoms with Crippen molar-refractivity contribution in [3.63, 3.8) is 0 Å². The van der Waals surface area contributed by atoms with Gasteiger partial charge in [0.05, 0.1) is 0 Å². The van der Waals surface area contributed by atoms with E-state index in [0.717, 1.165) is 11.3 Å². The van der Waals surface area contributed by atoms with Gasteiger partial charge in [0.2, 0.25) is 5.91 Å². The quantitative estimate of drug-likeness (QED) is 0.836. The summed E-state index contributed by atoms with van der Waals surface area (Å²) in [5, 5.41) is 4.24. The van der Waals surface area contributed by atoms with Crippen LogP contribution in [0.3, 0.4) is 0 Å². The summed E-state index contributed by atoms with van der Waals surface area (Å²) in [5.41, 5.74) is 0.400. The number of halogens is 1. The standard InChI is InChI=1S/C15H17FN2O3S2/c1-10(2)14(18-23(20,21)13-4-3-9-22-13)15(19)17-12-7-5-11(16)6-8-12/h3-10,14,18H,1-2H3,(H,17,19). The summed E-state index contributed by atoms with van der Waals surface area (Å²) in [6.45, 7) is 3.48. The Kier molecular flexibility index (Phi) is 5.51. The Bertz CT molecular complexity index is 757. The van der Waals surface area contributed by atoms with Crippen molar-refractivity contribution in [2.75, 3.05) is 5.32 Å². The van der Waals surface area contributed by atoms with E-state index in [1.807, 2.05) is 0 Å². The van der Waals surface area contributed by atoms with E-state index < -0.39 is 27.8 Å². The van der Waals surface area contributed by atoms with Crippen molar-refractivity contribution in [1.29, 1.82) is 0 Å². The van der Waals surface area contributed by atoms with Crippen LogP contribution in [-0.4, -0.2) is 20.4 Å². The van der Waals surface area contributed by atoms with Gasteiger partial charge in [-0.15, -0.1) is 11.3 Å². The second kappa shape index (κ2) is 7.20. The molecule has 5 nitrogen and oxygen atoms in total. The molecule has 0 aliphatic carbocycles. The van der Waals surface area contributed by atoms with E-state index in [-0.39, 0.29) is 10.1 Å². The highest BCUT2D eigenvalue weighted by atomic mass is 32.2. The molecule has 1 unspecified atom stereocenters. The Morgan fingerprint density at radius 1 is 1.17 bits per heavy atom. The van der Waals surface area contributed by atoms with Crippen molar-refractivity contribution < 1.29 is 17.6 Å². The number of anilines is 1. The Hall–Kier alpha value is -1.77. The lowest BCUT2D eigenvalue weighted by atomic mass is 10.0. The minimum absolute atomic E-state index is 0.151. The highest BCUT2D eigenvalue weighted by molar-refractivity contribution is 7.91. The van der Waals surface area contributed by atoms with Crippen LogP contribution in [0.2, 0.25) is 0 Å². The second-order valence-corrected chi connectivity index (χ2v) is 8.16. The van der Waals surface area contributed by atoms with Gasteiger partial charge in [0, 0.05) is 5.69 Å². The third-order valence-electron chi connectivity index (χ3n) is 3.10. The predicted octanol–water partition coefficient (Wildman–Crippen LogP) is 2.83. The normalized spacial score (nSPS) is 13.0. The largest absolute Gasteiger partial charge is 0.325 e. The van der Waals surface area contributed by atoms with E-state index in [1.165, 1.54) is 30.3 Å². The number of carbonyl (C=O) groups excluding carboxylic acids is 1. The Labute approximate surface area is 138 Å². The van der Waals surface area contributed by atoms with Gasteiger partial charge in [0.15, 0.2) is 0 Å². The van der Waals surface area contributed by atoms with Gasteiger partial charge in [-0.1, -0.05) is 19.9 Å². The molecule has 8 heteroatoms. The van der Waals surface area contributed by atoms with Gasteiger partial charge in [-0.3, -0.25) is 4.79 Å². The van der Waals surface area contributed by atoms with Crippen LogP contribution in [0.15, 0.2) is 46.0 Å². The van der Waals surface area contributed by atoms with Gasteiger partial charge >= 0.3 is 0 Å². The van der Waals surface area contributed by atoms with Crippen LogP contribution in [-0.2, 0) is 14.8 Å². The monoisotopic (exact) mass is 356 g/mol. The fourth-order valence-corrected chi connectivity index (χ4v) is 4.24. The van der Waals surface area contributed by atoms with Crippen molar-refractivity contribution in [3.8, 4) is 0 Å². The minimum Gasteiger partial charge on any atom is -0.325 e. The molecule has 23 heavy (non-hydrogen) atoms. The number of benzene rings is 1. The summed E-state index contributed by atoms with van der Waals surface area (Å²) in [7, 11) is -3.76. The van der Waals surface area contributed by atoms with Crippen molar-refractivity contribution >= 4 is 33.0 Å². The Morgan fingerprint density at radius 3 is 2.35 bits per heavy atom. The molecule has 1 atom stereocenters. The molecule has 2 aromatic rings.